The van der Waals surface area contributed by atoms with Crippen molar-refractivity contribution in [2.24, 2.45) is 0 Å². The summed E-state index contributed by atoms with van der Waals surface area (Å²) in [6.07, 6.45) is 0. The fraction of sp³-hybridized carbons (Fsp3) is 0.118. The molecule has 29 heavy (non-hydrogen) atoms. The first-order valence-electron chi connectivity index (χ1n) is 7.90. The second-order valence-electron chi connectivity index (χ2n) is 5.55. The third kappa shape index (κ3) is 5.47. The Bertz CT molecular complexity index is 975. The van der Waals surface area contributed by atoms with Crippen molar-refractivity contribution in [1.29, 1.82) is 0 Å². The minimum absolute atomic E-state index is 0.168. The number of amides is 1. The molecule has 2 aromatic carbocycles. The summed E-state index contributed by atoms with van der Waals surface area (Å²) in [5, 5.41) is 40.6. The number of carbonyl (C=O) groups excluding carboxylic acids is 1. The molecule has 0 unspecified atom stereocenters. The molecule has 152 valence electrons. The number of nitro groups is 1. The summed E-state index contributed by atoms with van der Waals surface area (Å²) < 4.78 is 0. The Balaban J connectivity index is 1.96. The summed E-state index contributed by atoms with van der Waals surface area (Å²) in [5.74, 6) is -3.81. The predicted octanol–water partition coefficient (Wildman–Crippen LogP) is 1.11. The Morgan fingerprint density at radius 1 is 1.00 bits per heavy atom. The summed E-state index contributed by atoms with van der Waals surface area (Å²) >= 11 is 0. The van der Waals surface area contributed by atoms with Crippen LogP contribution < -0.4 is 10.8 Å². The van der Waals surface area contributed by atoms with E-state index >= 15 is 0 Å². The van der Waals surface area contributed by atoms with Crippen molar-refractivity contribution in [3.63, 3.8) is 0 Å². The number of carbonyl (C=O) groups is 3. The molecule has 1 amide bonds. The van der Waals surface area contributed by atoms with Crippen molar-refractivity contribution in [1.82, 2.24) is 10.8 Å². The van der Waals surface area contributed by atoms with E-state index in [1.807, 2.05) is 0 Å². The van der Waals surface area contributed by atoms with Crippen molar-refractivity contribution in [3.05, 3.63) is 68.8 Å². The Labute approximate surface area is 162 Å². The first-order valence-corrected chi connectivity index (χ1v) is 7.90. The Morgan fingerprint density at radius 3 is 2.31 bits per heavy atom. The van der Waals surface area contributed by atoms with E-state index in [4.69, 9.17) is 15.1 Å². The van der Waals surface area contributed by atoms with E-state index < -0.39 is 39.6 Å². The monoisotopic (exact) mass is 405 g/mol. The second kappa shape index (κ2) is 9.25. The highest BCUT2D eigenvalue weighted by Gasteiger charge is 2.20. The van der Waals surface area contributed by atoms with E-state index in [0.717, 1.165) is 24.3 Å². The average molecular weight is 405 g/mol. The second-order valence-corrected chi connectivity index (χ2v) is 5.55. The van der Waals surface area contributed by atoms with Crippen LogP contribution in [0.3, 0.4) is 0 Å². The number of carboxylic acid groups (broad SMARTS) is 2. The lowest BCUT2D eigenvalue weighted by molar-refractivity contribution is -0.384. The minimum atomic E-state index is -1.43. The maximum Gasteiger partial charge on any atom is 0.336 e. The van der Waals surface area contributed by atoms with Crippen LogP contribution in [0.1, 0.15) is 36.6 Å². The van der Waals surface area contributed by atoms with Crippen molar-refractivity contribution in [2.45, 2.75) is 6.61 Å². The molecule has 12 nitrogen and oxygen atoms in total. The standard InChI is InChI=1S/C17H15N3O9/c21-11-3-1-9(13(6-11)17(25)26)7-29-19-8-18-15(22)14-5-10(20(27)28)2-4-12(14)16(23)24/h1-6,19,21H,7-8H2,(H,18,22)(H,23,24)(H,25,26). The van der Waals surface area contributed by atoms with Crippen LogP contribution in [0.4, 0.5) is 5.69 Å². The number of rotatable bonds is 9. The van der Waals surface area contributed by atoms with Crippen LogP contribution >= 0.6 is 0 Å². The Kier molecular flexibility index (Phi) is 6.79. The number of hydrogen-bond donors (Lipinski definition) is 5. The van der Waals surface area contributed by atoms with Gasteiger partial charge in [0.2, 0.25) is 0 Å². The van der Waals surface area contributed by atoms with Crippen LogP contribution in [0.15, 0.2) is 36.4 Å². The molecule has 0 radical (unpaired) electrons. The molecule has 0 heterocycles. The zero-order chi connectivity index (χ0) is 21.6. The lowest BCUT2D eigenvalue weighted by atomic mass is 10.1. The van der Waals surface area contributed by atoms with E-state index in [-0.39, 0.29) is 30.2 Å². The summed E-state index contributed by atoms with van der Waals surface area (Å²) in [6, 6.07) is 6.45. The van der Waals surface area contributed by atoms with E-state index in [1.165, 1.54) is 12.1 Å². The maximum atomic E-state index is 12.2. The third-order valence-corrected chi connectivity index (χ3v) is 3.66. The normalized spacial score (nSPS) is 10.3. The van der Waals surface area contributed by atoms with E-state index in [2.05, 4.69) is 10.8 Å². The summed E-state index contributed by atoms with van der Waals surface area (Å²) in [7, 11) is 0. The molecule has 0 aliphatic heterocycles. The zero-order valence-corrected chi connectivity index (χ0v) is 14.6. The van der Waals surface area contributed by atoms with Gasteiger partial charge in [-0.3, -0.25) is 19.7 Å². The Hall–Kier alpha value is -4.03. The molecule has 5 N–H and O–H groups in total. The molecule has 12 heteroatoms. The van der Waals surface area contributed by atoms with Gasteiger partial charge in [0, 0.05) is 12.1 Å². The maximum absolute atomic E-state index is 12.2. The van der Waals surface area contributed by atoms with Crippen LogP contribution in [0.2, 0.25) is 0 Å². The summed E-state index contributed by atoms with van der Waals surface area (Å²) in [4.78, 5) is 49.6. The Morgan fingerprint density at radius 2 is 1.69 bits per heavy atom. The SMILES string of the molecule is O=C(O)c1cc(O)ccc1CONCNC(=O)c1cc([N+](=O)[O-])ccc1C(=O)O. The molecule has 0 bridgehead atoms. The average Bonchev–Trinajstić information content (AvgIpc) is 2.67. The smallest absolute Gasteiger partial charge is 0.336 e. The molecule has 0 saturated carbocycles. The van der Waals surface area contributed by atoms with Crippen molar-refractivity contribution >= 4 is 23.5 Å². The number of non-ortho nitro benzene ring substituents is 1. The van der Waals surface area contributed by atoms with Gasteiger partial charge in [-0.15, -0.1) is 0 Å². The number of aromatic carboxylic acids is 2. The number of nitrogens with one attached hydrogen (secondary N) is 2. The fourth-order valence-electron chi connectivity index (χ4n) is 2.30. The van der Waals surface area contributed by atoms with Crippen molar-refractivity contribution in [2.75, 3.05) is 6.67 Å². The molecular weight excluding hydrogens is 390 g/mol. The van der Waals surface area contributed by atoms with Crippen LogP contribution in [-0.2, 0) is 11.4 Å². The molecule has 0 aliphatic rings. The highest BCUT2D eigenvalue weighted by atomic mass is 16.6. The number of hydroxylamine groups is 1. The number of phenols is 1. The van der Waals surface area contributed by atoms with E-state index in [9.17, 15) is 29.6 Å². The van der Waals surface area contributed by atoms with Crippen molar-refractivity contribution < 1.29 is 39.5 Å². The van der Waals surface area contributed by atoms with Gasteiger partial charge >= 0.3 is 11.9 Å². The largest absolute Gasteiger partial charge is 0.508 e. The van der Waals surface area contributed by atoms with Crippen LogP contribution in [0.5, 0.6) is 5.75 Å². The molecule has 2 rings (SSSR count). The van der Waals surface area contributed by atoms with E-state index in [0.29, 0.717) is 0 Å². The fourth-order valence-corrected chi connectivity index (χ4v) is 2.30. The van der Waals surface area contributed by atoms with Gasteiger partial charge in [0.05, 0.1) is 34.9 Å². The number of aromatic hydroxyl groups is 1. The van der Waals surface area contributed by atoms with Gasteiger partial charge in [-0.2, -0.15) is 5.48 Å². The number of benzene rings is 2. The van der Waals surface area contributed by atoms with Crippen LogP contribution in [-0.4, -0.2) is 44.8 Å². The van der Waals surface area contributed by atoms with Gasteiger partial charge in [-0.05, 0) is 23.8 Å². The molecular formula is C17H15N3O9. The summed E-state index contributed by atoms with van der Waals surface area (Å²) in [5.41, 5.74) is 1.15. The lowest BCUT2D eigenvalue weighted by Crippen LogP contribution is -2.34. The number of nitrogens with zero attached hydrogens (tertiary/aromatic N) is 1. The molecule has 0 spiro atoms. The van der Waals surface area contributed by atoms with Gasteiger partial charge in [0.1, 0.15) is 5.75 Å². The van der Waals surface area contributed by atoms with Crippen LogP contribution in [0, 0.1) is 10.1 Å². The predicted molar refractivity (Wildman–Crippen MR) is 95.4 cm³/mol. The van der Waals surface area contributed by atoms with Gasteiger partial charge in [0.25, 0.3) is 11.6 Å². The third-order valence-electron chi connectivity index (χ3n) is 3.66. The van der Waals surface area contributed by atoms with Gasteiger partial charge in [0.15, 0.2) is 0 Å². The van der Waals surface area contributed by atoms with Crippen molar-refractivity contribution in [3.8, 4) is 5.75 Å². The number of phenolic OH excluding ortho intramolecular Hbond substituents is 1. The van der Waals surface area contributed by atoms with Gasteiger partial charge in [-0.25, -0.2) is 9.59 Å². The molecule has 0 saturated heterocycles. The topological polar surface area (TPSA) is 188 Å². The number of hydrogen-bond acceptors (Lipinski definition) is 8. The first kappa shape index (κ1) is 21.3. The molecule has 0 atom stereocenters. The summed E-state index contributed by atoms with van der Waals surface area (Å²) in [6.45, 7) is -0.518. The highest BCUT2D eigenvalue weighted by molar-refractivity contribution is 6.05. The molecule has 2 aromatic rings. The number of carboxylic acids is 2. The lowest BCUT2D eigenvalue weighted by Gasteiger charge is -2.10. The molecule has 0 aromatic heterocycles. The quantitative estimate of drug-likeness (QED) is 0.175. The minimum Gasteiger partial charge on any atom is -0.508 e. The first-order chi connectivity index (χ1) is 13.7. The van der Waals surface area contributed by atoms with Gasteiger partial charge < -0.3 is 20.6 Å². The van der Waals surface area contributed by atoms with Gasteiger partial charge in [-0.1, -0.05) is 6.07 Å². The molecule has 0 fully saturated rings. The van der Waals surface area contributed by atoms with E-state index in [1.54, 1.807) is 0 Å². The number of nitro benzene ring substituents is 1. The highest BCUT2D eigenvalue weighted by Crippen LogP contribution is 2.19. The zero-order valence-electron chi connectivity index (χ0n) is 14.6. The molecule has 0 aliphatic carbocycles. The van der Waals surface area contributed by atoms with Crippen LogP contribution in [0.25, 0.3) is 0 Å².